The molecule has 23 heavy (non-hydrogen) atoms. The van der Waals surface area contributed by atoms with Gasteiger partial charge in [-0.15, -0.1) is 0 Å². The number of piperidine rings is 2. The second-order valence-corrected chi connectivity index (χ2v) is 8.61. The highest BCUT2D eigenvalue weighted by Gasteiger charge is 2.63. The predicted molar refractivity (Wildman–Crippen MR) is 92.8 cm³/mol. The molecule has 124 valence electrons. The van der Waals surface area contributed by atoms with E-state index in [1.165, 1.54) is 0 Å². The Balaban J connectivity index is 1.74. The average molecular weight is 353 g/mol. The van der Waals surface area contributed by atoms with Crippen LogP contribution < -0.4 is 0 Å². The highest BCUT2D eigenvalue weighted by atomic mass is 35.5. The Hall–Kier alpha value is -0.610. The molecule has 0 radical (unpaired) electrons. The molecule has 0 N–H and O–H groups in total. The summed E-state index contributed by atoms with van der Waals surface area (Å²) < 4.78 is 0. The van der Waals surface area contributed by atoms with E-state index < -0.39 is 0 Å². The predicted octanol–water partition coefficient (Wildman–Crippen LogP) is 4.00. The van der Waals surface area contributed by atoms with Crippen LogP contribution in [-0.4, -0.2) is 41.8 Å². The van der Waals surface area contributed by atoms with E-state index in [1.807, 2.05) is 18.2 Å². The van der Waals surface area contributed by atoms with E-state index in [4.69, 9.17) is 23.2 Å². The van der Waals surface area contributed by atoms with Crippen molar-refractivity contribution in [3.8, 4) is 0 Å². The number of benzene rings is 1. The van der Waals surface area contributed by atoms with Gasteiger partial charge in [0.2, 0.25) is 0 Å². The third kappa shape index (κ3) is 2.21. The first-order chi connectivity index (χ1) is 10.9. The van der Waals surface area contributed by atoms with E-state index in [1.54, 1.807) is 0 Å². The minimum atomic E-state index is -0.235. The zero-order valence-electron chi connectivity index (χ0n) is 13.6. The van der Waals surface area contributed by atoms with Crippen molar-refractivity contribution >= 4 is 29.0 Å². The number of carbonyl (C=O) groups excluding carboxylic acids is 1. The summed E-state index contributed by atoms with van der Waals surface area (Å²) >= 11 is 12.5. The molecule has 4 heterocycles. The monoisotopic (exact) mass is 352 g/mol. The van der Waals surface area contributed by atoms with Gasteiger partial charge in [-0.2, -0.15) is 0 Å². The molecule has 0 saturated carbocycles. The van der Waals surface area contributed by atoms with Crippen LogP contribution in [0.25, 0.3) is 0 Å². The lowest BCUT2D eigenvalue weighted by molar-refractivity contribution is -0.201. The Morgan fingerprint density at radius 3 is 2.39 bits per heavy atom. The van der Waals surface area contributed by atoms with Crippen LogP contribution in [0.4, 0.5) is 0 Å². The van der Waals surface area contributed by atoms with Gasteiger partial charge in [-0.05, 0) is 18.6 Å². The molecule has 5 rings (SSSR count). The summed E-state index contributed by atoms with van der Waals surface area (Å²) in [6, 6.07) is 5.76. The number of halogens is 2. The lowest BCUT2D eigenvalue weighted by atomic mass is 9.59. The zero-order valence-corrected chi connectivity index (χ0v) is 15.1. The van der Waals surface area contributed by atoms with Crippen molar-refractivity contribution in [1.29, 1.82) is 0 Å². The first-order valence-electron chi connectivity index (χ1n) is 8.36. The average Bonchev–Trinajstić information content (AvgIpc) is 2.45. The highest BCUT2D eigenvalue weighted by Crippen LogP contribution is 2.54. The molecule has 0 aromatic heterocycles. The maximum absolute atomic E-state index is 13.1. The van der Waals surface area contributed by atoms with Gasteiger partial charge in [-0.3, -0.25) is 14.6 Å². The molecule has 1 aromatic carbocycles. The SMILES string of the molecule is CCCC12CN3CC(C)(CN(C1)C3c1ccc(Cl)cc1Cl)C2=O. The molecule has 4 aliphatic heterocycles. The number of carbonyl (C=O) groups is 1. The topological polar surface area (TPSA) is 23.6 Å². The molecule has 2 atom stereocenters. The van der Waals surface area contributed by atoms with Crippen LogP contribution in [0.2, 0.25) is 10.0 Å². The number of hydrogen-bond acceptors (Lipinski definition) is 3. The van der Waals surface area contributed by atoms with Gasteiger partial charge in [0.15, 0.2) is 0 Å². The van der Waals surface area contributed by atoms with Crippen LogP contribution in [0.5, 0.6) is 0 Å². The van der Waals surface area contributed by atoms with Crippen molar-refractivity contribution in [3.05, 3.63) is 33.8 Å². The molecule has 5 heteroatoms. The Morgan fingerprint density at radius 2 is 1.83 bits per heavy atom. The smallest absolute Gasteiger partial charge is 0.150 e. The van der Waals surface area contributed by atoms with Crippen molar-refractivity contribution in [2.24, 2.45) is 10.8 Å². The van der Waals surface area contributed by atoms with Crippen LogP contribution in [-0.2, 0) is 4.79 Å². The summed E-state index contributed by atoms with van der Waals surface area (Å²) in [5.74, 6) is 0.486. The van der Waals surface area contributed by atoms with E-state index in [0.29, 0.717) is 10.8 Å². The molecular weight excluding hydrogens is 331 g/mol. The summed E-state index contributed by atoms with van der Waals surface area (Å²) in [5, 5.41) is 1.38. The van der Waals surface area contributed by atoms with E-state index in [2.05, 4.69) is 23.6 Å². The maximum atomic E-state index is 13.1. The minimum absolute atomic E-state index is 0.172. The molecule has 2 unspecified atom stereocenters. The molecular formula is C18H22Cl2N2O. The van der Waals surface area contributed by atoms with E-state index in [-0.39, 0.29) is 17.0 Å². The number of rotatable bonds is 3. The van der Waals surface area contributed by atoms with Gasteiger partial charge in [-0.25, -0.2) is 0 Å². The van der Waals surface area contributed by atoms with Crippen molar-refractivity contribution < 1.29 is 4.79 Å². The van der Waals surface area contributed by atoms with Gasteiger partial charge >= 0.3 is 0 Å². The first-order valence-corrected chi connectivity index (χ1v) is 9.12. The number of ketones is 1. The fraction of sp³-hybridized carbons (Fsp3) is 0.611. The van der Waals surface area contributed by atoms with E-state index in [0.717, 1.165) is 49.6 Å². The normalized spacial score (nSPS) is 41.6. The van der Waals surface area contributed by atoms with Crippen LogP contribution in [0.15, 0.2) is 18.2 Å². The number of nitrogens with zero attached hydrogens (tertiary/aromatic N) is 2. The van der Waals surface area contributed by atoms with Crippen LogP contribution in [0.3, 0.4) is 0 Å². The Kier molecular flexibility index (Phi) is 3.59. The maximum Gasteiger partial charge on any atom is 0.150 e. The molecule has 4 saturated heterocycles. The fourth-order valence-corrected chi connectivity index (χ4v) is 5.75. The summed E-state index contributed by atoms with van der Waals surface area (Å²) in [7, 11) is 0. The summed E-state index contributed by atoms with van der Waals surface area (Å²) in [5.41, 5.74) is 0.689. The second-order valence-electron chi connectivity index (χ2n) is 7.77. The van der Waals surface area contributed by atoms with Gasteiger partial charge in [0.25, 0.3) is 0 Å². The number of Topliss-reactive ketones (excluding diaryl/α,β-unsaturated/α-hetero) is 1. The molecule has 0 spiro atoms. The summed E-state index contributed by atoms with van der Waals surface area (Å²) in [6.45, 7) is 7.68. The fourth-order valence-electron chi connectivity index (χ4n) is 5.24. The first kappa shape index (κ1) is 15.9. The lowest BCUT2D eigenvalue weighted by Gasteiger charge is -2.65. The number of hydrogen-bond donors (Lipinski definition) is 0. The molecule has 3 nitrogen and oxygen atoms in total. The van der Waals surface area contributed by atoms with Crippen LogP contribution in [0.1, 0.15) is 38.4 Å². The Labute approximate surface area is 147 Å². The van der Waals surface area contributed by atoms with Gasteiger partial charge in [0.1, 0.15) is 5.78 Å². The molecule has 0 aliphatic carbocycles. The van der Waals surface area contributed by atoms with Crippen LogP contribution in [0, 0.1) is 10.8 Å². The van der Waals surface area contributed by atoms with Crippen LogP contribution >= 0.6 is 23.2 Å². The standard InChI is InChI=1S/C18H22Cl2N2O/c1-3-6-18-10-21-8-17(2,16(18)23)9-22(11-18)15(21)13-5-4-12(19)7-14(13)20/h4-5,7,15H,3,6,8-11H2,1-2H3. The van der Waals surface area contributed by atoms with Gasteiger partial charge in [-0.1, -0.05) is 49.5 Å². The molecule has 4 fully saturated rings. The van der Waals surface area contributed by atoms with Crippen molar-refractivity contribution in [2.45, 2.75) is 32.9 Å². The van der Waals surface area contributed by atoms with E-state index >= 15 is 0 Å². The molecule has 4 bridgehead atoms. The Bertz CT molecular complexity index is 659. The molecule has 1 aromatic rings. The third-order valence-corrected chi connectivity index (χ3v) is 6.37. The quantitative estimate of drug-likeness (QED) is 0.821. The highest BCUT2D eigenvalue weighted by molar-refractivity contribution is 6.35. The van der Waals surface area contributed by atoms with Crippen molar-refractivity contribution in [3.63, 3.8) is 0 Å². The Morgan fingerprint density at radius 1 is 1.17 bits per heavy atom. The van der Waals surface area contributed by atoms with E-state index in [9.17, 15) is 4.79 Å². The lowest BCUT2D eigenvalue weighted by Crippen LogP contribution is -2.76. The largest absolute Gasteiger partial charge is 0.298 e. The zero-order chi connectivity index (χ0) is 16.4. The minimum Gasteiger partial charge on any atom is -0.298 e. The van der Waals surface area contributed by atoms with Gasteiger partial charge in [0.05, 0.1) is 17.0 Å². The van der Waals surface area contributed by atoms with Gasteiger partial charge in [0, 0.05) is 41.8 Å². The molecule has 0 amide bonds. The molecule has 4 aliphatic rings. The van der Waals surface area contributed by atoms with Crippen molar-refractivity contribution in [1.82, 2.24) is 9.80 Å². The summed E-state index contributed by atoms with van der Waals surface area (Å²) in [4.78, 5) is 18.0. The summed E-state index contributed by atoms with van der Waals surface area (Å²) in [6.07, 6.45) is 2.21. The second kappa shape index (κ2) is 5.19. The third-order valence-electron chi connectivity index (χ3n) is 5.81. The van der Waals surface area contributed by atoms with Gasteiger partial charge < -0.3 is 0 Å². The van der Waals surface area contributed by atoms with Crippen molar-refractivity contribution in [2.75, 3.05) is 26.2 Å².